The average Bonchev–Trinajstić information content (AvgIpc) is 3.24. The second-order valence-electron chi connectivity index (χ2n) is 6.92. The van der Waals surface area contributed by atoms with Crippen molar-refractivity contribution in [3.63, 3.8) is 0 Å². The Balaban J connectivity index is 1.32. The molecule has 0 fully saturated rings. The highest BCUT2D eigenvalue weighted by Crippen LogP contribution is 2.27. The Bertz CT molecular complexity index is 1160. The minimum Gasteiger partial charge on any atom is -0.493 e. The van der Waals surface area contributed by atoms with Crippen LogP contribution in [0.15, 0.2) is 71.9 Å². The van der Waals surface area contributed by atoms with E-state index in [1.165, 1.54) is 0 Å². The highest BCUT2D eigenvalue weighted by Gasteiger charge is 2.09. The lowest BCUT2D eigenvalue weighted by molar-refractivity contribution is 0.0951. The first-order valence-corrected chi connectivity index (χ1v) is 10.8. The van der Waals surface area contributed by atoms with E-state index in [0.29, 0.717) is 23.6 Å². The number of hydrogen-bond acceptors (Lipinski definition) is 5. The number of H-pyrrole nitrogens is 1. The summed E-state index contributed by atoms with van der Waals surface area (Å²) in [6.07, 6.45) is 0. The summed E-state index contributed by atoms with van der Waals surface area (Å²) in [5.41, 5.74) is 4.68. The second kappa shape index (κ2) is 9.57. The van der Waals surface area contributed by atoms with Gasteiger partial charge in [-0.05, 0) is 47.5 Å². The summed E-state index contributed by atoms with van der Waals surface area (Å²) in [4.78, 5) is 20.4. The fourth-order valence-electron chi connectivity index (χ4n) is 3.18. The lowest BCUT2D eigenvalue weighted by Crippen LogP contribution is -2.22. The molecule has 158 valence electrons. The SMILES string of the molecule is COc1ccc(CNC(=O)c2ccc(CSc3nc4ccccc4[nH]3)cc2)cc1OC. The van der Waals surface area contributed by atoms with Gasteiger partial charge in [0.15, 0.2) is 16.7 Å². The number of rotatable bonds is 8. The molecule has 0 aliphatic rings. The highest BCUT2D eigenvalue weighted by atomic mass is 32.2. The molecule has 0 saturated carbocycles. The van der Waals surface area contributed by atoms with Crippen LogP contribution in [0.3, 0.4) is 0 Å². The van der Waals surface area contributed by atoms with Crippen molar-refractivity contribution in [2.45, 2.75) is 17.5 Å². The molecule has 4 rings (SSSR count). The number of imidazole rings is 1. The number of fused-ring (bicyclic) bond motifs is 1. The van der Waals surface area contributed by atoms with E-state index < -0.39 is 0 Å². The molecule has 0 bridgehead atoms. The number of methoxy groups -OCH3 is 2. The Kier molecular flexibility index (Phi) is 6.43. The zero-order valence-electron chi connectivity index (χ0n) is 17.3. The second-order valence-corrected chi connectivity index (χ2v) is 7.88. The normalized spacial score (nSPS) is 10.8. The van der Waals surface area contributed by atoms with Crippen molar-refractivity contribution in [3.05, 3.63) is 83.4 Å². The van der Waals surface area contributed by atoms with Crippen LogP contribution >= 0.6 is 11.8 Å². The van der Waals surface area contributed by atoms with Crippen molar-refractivity contribution in [3.8, 4) is 11.5 Å². The van der Waals surface area contributed by atoms with Gasteiger partial charge in [-0.25, -0.2) is 4.98 Å². The Morgan fingerprint density at radius 3 is 2.45 bits per heavy atom. The van der Waals surface area contributed by atoms with Crippen LogP contribution in [0.25, 0.3) is 11.0 Å². The number of carbonyl (C=O) groups is 1. The van der Waals surface area contributed by atoms with Crippen LogP contribution in [-0.4, -0.2) is 30.1 Å². The summed E-state index contributed by atoms with van der Waals surface area (Å²) in [5, 5.41) is 3.83. The first-order chi connectivity index (χ1) is 15.2. The lowest BCUT2D eigenvalue weighted by Gasteiger charge is -2.10. The number of para-hydroxylation sites is 2. The number of nitrogens with zero attached hydrogens (tertiary/aromatic N) is 1. The van der Waals surface area contributed by atoms with Crippen LogP contribution in [0, 0.1) is 0 Å². The maximum Gasteiger partial charge on any atom is 0.251 e. The summed E-state index contributed by atoms with van der Waals surface area (Å²) in [7, 11) is 3.19. The monoisotopic (exact) mass is 433 g/mol. The van der Waals surface area contributed by atoms with Crippen molar-refractivity contribution in [1.29, 1.82) is 0 Å². The Morgan fingerprint density at radius 2 is 1.71 bits per heavy atom. The predicted octanol–water partition coefficient (Wildman–Crippen LogP) is 4.80. The van der Waals surface area contributed by atoms with Crippen molar-refractivity contribution in [1.82, 2.24) is 15.3 Å². The smallest absolute Gasteiger partial charge is 0.251 e. The molecule has 1 heterocycles. The standard InChI is InChI=1S/C24H23N3O3S/c1-29-21-12-9-17(13-22(21)30-2)14-25-23(28)18-10-7-16(8-11-18)15-31-24-26-19-5-3-4-6-20(19)27-24/h3-13H,14-15H2,1-2H3,(H,25,28)(H,26,27). The maximum atomic E-state index is 12.5. The van der Waals surface area contributed by atoms with Crippen LogP contribution in [0.1, 0.15) is 21.5 Å². The summed E-state index contributed by atoms with van der Waals surface area (Å²) in [5.74, 6) is 1.95. The van der Waals surface area contributed by atoms with Crippen LogP contribution in [0.2, 0.25) is 0 Å². The predicted molar refractivity (Wildman–Crippen MR) is 123 cm³/mol. The Morgan fingerprint density at radius 1 is 0.968 bits per heavy atom. The maximum absolute atomic E-state index is 12.5. The van der Waals surface area contributed by atoms with E-state index in [9.17, 15) is 4.79 Å². The lowest BCUT2D eigenvalue weighted by atomic mass is 10.1. The topological polar surface area (TPSA) is 76.2 Å². The number of thioether (sulfide) groups is 1. The van der Waals surface area contributed by atoms with Crippen molar-refractivity contribution in [2.75, 3.05) is 14.2 Å². The van der Waals surface area contributed by atoms with Crippen LogP contribution in [-0.2, 0) is 12.3 Å². The van der Waals surface area contributed by atoms with Crippen molar-refractivity contribution in [2.24, 2.45) is 0 Å². The van der Waals surface area contributed by atoms with Gasteiger partial charge in [-0.3, -0.25) is 4.79 Å². The zero-order chi connectivity index (χ0) is 21.6. The van der Waals surface area contributed by atoms with E-state index in [1.807, 2.05) is 66.7 Å². The molecule has 0 aliphatic carbocycles. The molecular formula is C24H23N3O3S. The van der Waals surface area contributed by atoms with Crippen molar-refractivity contribution < 1.29 is 14.3 Å². The minimum absolute atomic E-state index is 0.119. The number of amides is 1. The molecule has 1 amide bonds. The quantitative estimate of drug-likeness (QED) is 0.390. The molecule has 0 spiro atoms. The van der Waals surface area contributed by atoms with Gasteiger partial charge in [0.2, 0.25) is 0 Å². The minimum atomic E-state index is -0.119. The summed E-state index contributed by atoms with van der Waals surface area (Å²) in [6.45, 7) is 0.406. The fraction of sp³-hybridized carbons (Fsp3) is 0.167. The third-order valence-corrected chi connectivity index (χ3v) is 5.80. The summed E-state index contributed by atoms with van der Waals surface area (Å²) < 4.78 is 10.5. The molecule has 7 heteroatoms. The number of aromatic nitrogens is 2. The number of aromatic amines is 1. The molecule has 0 aliphatic heterocycles. The van der Waals surface area contributed by atoms with Crippen LogP contribution in [0.4, 0.5) is 0 Å². The first kappa shape index (κ1) is 20.8. The Labute approximate surface area is 185 Å². The molecule has 2 N–H and O–H groups in total. The molecule has 4 aromatic rings. The molecule has 1 aromatic heterocycles. The van der Waals surface area contributed by atoms with Gasteiger partial charge < -0.3 is 19.8 Å². The number of carbonyl (C=O) groups excluding carboxylic acids is 1. The number of hydrogen-bond donors (Lipinski definition) is 2. The van der Waals surface area contributed by atoms with Gasteiger partial charge in [0.1, 0.15) is 0 Å². The van der Waals surface area contributed by atoms with Gasteiger partial charge in [0.05, 0.1) is 25.3 Å². The molecule has 0 radical (unpaired) electrons. The van der Waals surface area contributed by atoms with E-state index in [4.69, 9.17) is 9.47 Å². The van der Waals surface area contributed by atoms with Gasteiger partial charge in [-0.2, -0.15) is 0 Å². The van der Waals surface area contributed by atoms with E-state index in [0.717, 1.165) is 33.1 Å². The number of ether oxygens (including phenoxy) is 2. The first-order valence-electron chi connectivity index (χ1n) is 9.82. The molecule has 3 aromatic carbocycles. The molecule has 0 saturated heterocycles. The summed E-state index contributed by atoms with van der Waals surface area (Å²) in [6, 6.07) is 21.2. The number of benzene rings is 3. The third kappa shape index (κ3) is 5.00. The largest absolute Gasteiger partial charge is 0.493 e. The zero-order valence-corrected chi connectivity index (χ0v) is 18.2. The van der Waals surface area contributed by atoms with Gasteiger partial charge in [0, 0.05) is 17.9 Å². The molecule has 31 heavy (non-hydrogen) atoms. The fourth-order valence-corrected chi connectivity index (χ4v) is 4.02. The summed E-state index contributed by atoms with van der Waals surface area (Å²) >= 11 is 1.64. The van der Waals surface area contributed by atoms with E-state index in [-0.39, 0.29) is 5.91 Å². The highest BCUT2D eigenvalue weighted by molar-refractivity contribution is 7.98. The van der Waals surface area contributed by atoms with E-state index in [2.05, 4.69) is 15.3 Å². The Hall–Kier alpha value is -3.45. The van der Waals surface area contributed by atoms with Gasteiger partial charge in [0.25, 0.3) is 5.91 Å². The van der Waals surface area contributed by atoms with E-state index >= 15 is 0 Å². The van der Waals surface area contributed by atoms with Crippen LogP contribution < -0.4 is 14.8 Å². The third-order valence-electron chi connectivity index (χ3n) is 4.86. The van der Waals surface area contributed by atoms with Gasteiger partial charge >= 0.3 is 0 Å². The number of nitrogens with one attached hydrogen (secondary N) is 2. The molecule has 0 atom stereocenters. The van der Waals surface area contributed by atoms with E-state index in [1.54, 1.807) is 26.0 Å². The molecule has 6 nitrogen and oxygen atoms in total. The average molecular weight is 434 g/mol. The van der Waals surface area contributed by atoms with Gasteiger partial charge in [-0.1, -0.05) is 42.1 Å². The van der Waals surface area contributed by atoms with Gasteiger partial charge in [-0.15, -0.1) is 0 Å². The molecular weight excluding hydrogens is 410 g/mol. The van der Waals surface area contributed by atoms with Crippen molar-refractivity contribution >= 4 is 28.7 Å². The van der Waals surface area contributed by atoms with Crippen LogP contribution in [0.5, 0.6) is 11.5 Å². The molecule has 0 unspecified atom stereocenters.